The van der Waals surface area contributed by atoms with Gasteiger partial charge in [-0.15, -0.1) is 0 Å². The molecule has 49 heavy (non-hydrogen) atoms. The number of rotatable bonds is 2. The van der Waals surface area contributed by atoms with Gasteiger partial charge in [0.1, 0.15) is 5.69 Å². The van der Waals surface area contributed by atoms with Crippen LogP contribution in [0.25, 0.3) is 82.6 Å². The van der Waals surface area contributed by atoms with Gasteiger partial charge in [0.05, 0.1) is 22.1 Å². The zero-order valence-electron chi connectivity index (χ0n) is 27.2. The fourth-order valence-electron chi connectivity index (χ4n) is 9.57. The number of hydrogen-bond donors (Lipinski definition) is 0. The molecule has 0 bridgehead atoms. The molecule has 1 saturated carbocycles. The molecule has 0 unspecified atom stereocenters. The second-order valence-electron chi connectivity index (χ2n) is 14.0. The van der Waals surface area contributed by atoms with Crippen LogP contribution < -0.4 is 0 Å². The van der Waals surface area contributed by atoms with Crippen LogP contribution in [0.3, 0.4) is 0 Å². The van der Waals surface area contributed by atoms with Crippen LogP contribution in [0.1, 0.15) is 43.2 Å². The largest absolute Gasteiger partial charge is 0.292 e. The molecule has 1 spiro atoms. The molecular weight excluding hydrogens is 595 g/mol. The van der Waals surface area contributed by atoms with E-state index < -0.39 is 0 Å². The molecule has 0 radical (unpaired) electrons. The van der Waals surface area contributed by atoms with E-state index in [1.807, 2.05) is 0 Å². The predicted molar refractivity (Wildman–Crippen MR) is 204 cm³/mol. The third kappa shape index (κ3) is 3.62. The SMILES string of the molecule is c1ccc2c(c1)-c1c(c3c(c4ccccc14)c1ccccc1n3-c1nc3ccccc3nc1-c1cccc3ccccc13)C21CCCCC1. The van der Waals surface area contributed by atoms with Crippen LogP contribution >= 0.6 is 0 Å². The second kappa shape index (κ2) is 10.1. The highest BCUT2D eigenvalue weighted by Gasteiger charge is 2.47. The van der Waals surface area contributed by atoms with Crippen LogP contribution in [0.2, 0.25) is 0 Å². The number of benzene rings is 7. The van der Waals surface area contributed by atoms with Crippen molar-refractivity contribution in [1.29, 1.82) is 0 Å². The van der Waals surface area contributed by atoms with E-state index in [9.17, 15) is 0 Å². The first-order chi connectivity index (χ1) is 24.3. The number of fused-ring (bicyclic) bond motifs is 14. The summed E-state index contributed by atoms with van der Waals surface area (Å²) >= 11 is 0. The van der Waals surface area contributed by atoms with E-state index in [0.717, 1.165) is 41.0 Å². The molecule has 9 aromatic rings. The standard InChI is InChI=1S/C46H33N3/c1-12-27-46(28-13-1)36-23-8-6-20-34(36)40-31-18-4-5-19-32(31)41-35-21-7-11-26-39(35)49(44(41)42(40)46)45-43(47-37-24-9-10-25-38(37)48-45)33-22-14-16-29-15-2-3-17-30(29)33/h2-11,14-26H,1,12-13,27-28H2. The number of hydrogen-bond acceptors (Lipinski definition) is 2. The highest BCUT2D eigenvalue weighted by molar-refractivity contribution is 6.27. The van der Waals surface area contributed by atoms with Gasteiger partial charge in [-0.1, -0.05) is 141 Å². The van der Waals surface area contributed by atoms with E-state index in [4.69, 9.17) is 9.97 Å². The van der Waals surface area contributed by atoms with Crippen LogP contribution in [-0.4, -0.2) is 14.5 Å². The molecule has 0 amide bonds. The number of aromatic nitrogens is 3. The van der Waals surface area contributed by atoms with Gasteiger partial charge in [0.2, 0.25) is 0 Å². The lowest BCUT2D eigenvalue weighted by molar-refractivity contribution is 0.354. The molecule has 2 heterocycles. The summed E-state index contributed by atoms with van der Waals surface area (Å²) in [6.45, 7) is 0. The topological polar surface area (TPSA) is 30.7 Å². The third-order valence-electron chi connectivity index (χ3n) is 11.5. The molecule has 11 rings (SSSR count). The quantitative estimate of drug-likeness (QED) is 0.191. The van der Waals surface area contributed by atoms with Crippen LogP contribution in [0.4, 0.5) is 0 Å². The Hall–Kier alpha value is -5.80. The molecular formula is C46H33N3. The van der Waals surface area contributed by atoms with Crippen molar-refractivity contribution in [3.63, 3.8) is 0 Å². The Balaban J connectivity index is 1.39. The third-order valence-corrected chi connectivity index (χ3v) is 11.5. The highest BCUT2D eigenvalue weighted by atomic mass is 15.1. The minimum atomic E-state index is -0.0531. The minimum absolute atomic E-state index is 0.0531. The fraction of sp³-hybridized carbons (Fsp3) is 0.130. The summed E-state index contributed by atoms with van der Waals surface area (Å²) in [4.78, 5) is 11.1. The van der Waals surface area contributed by atoms with Crippen molar-refractivity contribution < 1.29 is 0 Å². The molecule has 0 atom stereocenters. The van der Waals surface area contributed by atoms with Crippen molar-refractivity contribution in [1.82, 2.24) is 14.5 Å². The Kier molecular flexibility index (Phi) is 5.60. The van der Waals surface area contributed by atoms with E-state index in [1.165, 1.54) is 84.9 Å². The Labute approximate surface area is 284 Å². The molecule has 3 heteroatoms. The lowest BCUT2D eigenvalue weighted by Gasteiger charge is -2.36. The molecule has 3 nitrogen and oxygen atoms in total. The van der Waals surface area contributed by atoms with Crippen molar-refractivity contribution in [3.8, 4) is 28.2 Å². The molecule has 0 N–H and O–H groups in total. The van der Waals surface area contributed by atoms with Gasteiger partial charge in [0, 0.05) is 21.8 Å². The van der Waals surface area contributed by atoms with Gasteiger partial charge in [-0.2, -0.15) is 0 Å². The Bertz CT molecular complexity index is 2810. The summed E-state index contributed by atoms with van der Waals surface area (Å²) in [6.07, 6.45) is 6.08. The van der Waals surface area contributed by atoms with Gasteiger partial charge < -0.3 is 0 Å². The van der Waals surface area contributed by atoms with Gasteiger partial charge in [-0.3, -0.25) is 4.57 Å². The average Bonchev–Trinajstić information content (AvgIpc) is 3.65. The van der Waals surface area contributed by atoms with E-state index in [0.29, 0.717) is 0 Å². The van der Waals surface area contributed by atoms with Crippen molar-refractivity contribution in [2.45, 2.75) is 37.5 Å². The van der Waals surface area contributed by atoms with Gasteiger partial charge in [-0.25, -0.2) is 9.97 Å². The average molecular weight is 628 g/mol. The lowest BCUT2D eigenvalue weighted by atomic mass is 9.67. The lowest BCUT2D eigenvalue weighted by Crippen LogP contribution is -2.28. The van der Waals surface area contributed by atoms with Gasteiger partial charge in [-0.05, 0) is 74.8 Å². The van der Waals surface area contributed by atoms with Crippen molar-refractivity contribution in [3.05, 3.63) is 151 Å². The Morgan fingerprint density at radius 1 is 0.510 bits per heavy atom. The van der Waals surface area contributed by atoms with E-state index in [-0.39, 0.29) is 5.41 Å². The van der Waals surface area contributed by atoms with E-state index >= 15 is 0 Å². The van der Waals surface area contributed by atoms with Crippen LogP contribution in [0.5, 0.6) is 0 Å². The van der Waals surface area contributed by atoms with Crippen LogP contribution in [0.15, 0.2) is 140 Å². The minimum Gasteiger partial charge on any atom is -0.292 e. The smallest absolute Gasteiger partial charge is 0.165 e. The maximum absolute atomic E-state index is 5.59. The van der Waals surface area contributed by atoms with E-state index in [1.54, 1.807) is 0 Å². The molecule has 0 saturated heterocycles. The molecule has 0 aliphatic heterocycles. The first-order valence-electron chi connectivity index (χ1n) is 17.7. The van der Waals surface area contributed by atoms with E-state index in [2.05, 4.69) is 144 Å². The summed E-state index contributed by atoms with van der Waals surface area (Å²) in [5.74, 6) is 0.889. The summed E-state index contributed by atoms with van der Waals surface area (Å²) in [5.41, 5.74) is 12.0. The van der Waals surface area contributed by atoms with Gasteiger partial charge in [0.15, 0.2) is 5.82 Å². The molecule has 2 aliphatic carbocycles. The van der Waals surface area contributed by atoms with Crippen molar-refractivity contribution >= 4 is 54.4 Å². The molecule has 7 aromatic carbocycles. The monoisotopic (exact) mass is 627 g/mol. The van der Waals surface area contributed by atoms with Crippen molar-refractivity contribution in [2.75, 3.05) is 0 Å². The number of para-hydroxylation sites is 3. The highest BCUT2D eigenvalue weighted by Crippen LogP contribution is 2.61. The summed E-state index contributed by atoms with van der Waals surface area (Å²) in [6, 6.07) is 50.9. The second-order valence-corrected chi connectivity index (χ2v) is 14.0. The summed E-state index contributed by atoms with van der Waals surface area (Å²) in [5, 5.41) is 7.62. The van der Waals surface area contributed by atoms with Gasteiger partial charge in [0.25, 0.3) is 0 Å². The Morgan fingerprint density at radius 3 is 2.00 bits per heavy atom. The maximum atomic E-state index is 5.59. The van der Waals surface area contributed by atoms with Gasteiger partial charge >= 0.3 is 0 Å². The van der Waals surface area contributed by atoms with Crippen molar-refractivity contribution in [2.24, 2.45) is 0 Å². The predicted octanol–water partition coefficient (Wildman–Crippen LogP) is 11.9. The first-order valence-corrected chi connectivity index (χ1v) is 17.7. The number of nitrogens with zero attached hydrogens (tertiary/aromatic N) is 3. The Morgan fingerprint density at radius 2 is 1.14 bits per heavy atom. The van der Waals surface area contributed by atoms with Crippen LogP contribution in [-0.2, 0) is 5.41 Å². The zero-order valence-corrected chi connectivity index (χ0v) is 27.2. The molecule has 1 fully saturated rings. The maximum Gasteiger partial charge on any atom is 0.165 e. The molecule has 232 valence electrons. The normalized spacial score (nSPS) is 15.1. The first kappa shape index (κ1) is 27.2. The molecule has 2 aliphatic rings. The fourth-order valence-corrected chi connectivity index (χ4v) is 9.57. The van der Waals surface area contributed by atoms with Crippen LogP contribution in [0, 0.1) is 0 Å². The summed E-state index contributed by atoms with van der Waals surface area (Å²) < 4.78 is 2.51. The summed E-state index contributed by atoms with van der Waals surface area (Å²) in [7, 11) is 0. The zero-order chi connectivity index (χ0) is 32.1. The molecule has 2 aromatic heterocycles.